The lowest BCUT2D eigenvalue weighted by molar-refractivity contribution is 0.417. The maximum absolute atomic E-state index is 12.4. The number of thiophene rings is 1. The first-order chi connectivity index (χ1) is 9.33. The van der Waals surface area contributed by atoms with E-state index in [2.05, 4.69) is 20.7 Å². The summed E-state index contributed by atoms with van der Waals surface area (Å²) in [6.45, 7) is 3.75. The van der Waals surface area contributed by atoms with Gasteiger partial charge in [-0.2, -0.15) is 0 Å². The molecule has 1 N–H and O–H groups in total. The number of sulfonamides is 1. The minimum Gasteiger partial charge on any atom is -0.495 e. The van der Waals surface area contributed by atoms with Crippen LogP contribution in [0.4, 0.5) is 5.69 Å². The molecule has 0 atom stereocenters. The van der Waals surface area contributed by atoms with Crippen molar-refractivity contribution in [3.8, 4) is 5.75 Å². The number of methoxy groups -OCH3 is 1. The first-order valence-corrected chi connectivity index (χ1v) is 8.86. The second-order valence-electron chi connectivity index (χ2n) is 4.33. The molecule has 1 heterocycles. The van der Waals surface area contributed by atoms with E-state index in [1.807, 2.05) is 19.9 Å². The third-order valence-corrected chi connectivity index (χ3v) is 6.67. The van der Waals surface area contributed by atoms with E-state index in [-0.39, 0.29) is 4.21 Å². The Kier molecular flexibility index (Phi) is 4.41. The minimum absolute atomic E-state index is 0.269. The number of aryl methyl sites for hydroxylation is 2. The zero-order valence-electron chi connectivity index (χ0n) is 11.2. The molecule has 2 rings (SSSR count). The second kappa shape index (κ2) is 5.75. The van der Waals surface area contributed by atoms with Crippen molar-refractivity contribution >= 4 is 43.0 Å². The van der Waals surface area contributed by atoms with E-state index in [1.54, 1.807) is 18.2 Å². The Morgan fingerprint density at radius 3 is 2.50 bits per heavy atom. The maximum Gasteiger partial charge on any atom is 0.271 e. The Morgan fingerprint density at radius 2 is 1.95 bits per heavy atom. The van der Waals surface area contributed by atoms with Crippen molar-refractivity contribution in [2.75, 3.05) is 11.8 Å². The van der Waals surface area contributed by atoms with Gasteiger partial charge in [-0.05, 0) is 59.1 Å². The normalized spacial score (nSPS) is 11.4. The molecule has 7 heteroatoms. The summed E-state index contributed by atoms with van der Waals surface area (Å²) in [4.78, 5) is 0. The Balaban J connectivity index is 2.40. The van der Waals surface area contributed by atoms with Gasteiger partial charge in [0.25, 0.3) is 10.0 Å². The molecule has 0 aliphatic carbocycles. The number of anilines is 1. The van der Waals surface area contributed by atoms with Gasteiger partial charge in [0.05, 0.1) is 16.6 Å². The number of nitrogens with one attached hydrogen (secondary N) is 1. The van der Waals surface area contributed by atoms with Gasteiger partial charge in [0.15, 0.2) is 0 Å². The fraction of sp³-hybridized carbons (Fsp3) is 0.231. The molecule has 0 saturated heterocycles. The van der Waals surface area contributed by atoms with Gasteiger partial charge >= 0.3 is 0 Å². The topological polar surface area (TPSA) is 55.4 Å². The summed E-state index contributed by atoms with van der Waals surface area (Å²) >= 11 is 4.52. The molecule has 0 radical (unpaired) electrons. The van der Waals surface area contributed by atoms with Crippen LogP contribution in [0, 0.1) is 13.8 Å². The number of benzene rings is 1. The number of rotatable bonds is 4. The number of hydrogen-bond donors (Lipinski definition) is 1. The number of halogens is 1. The molecule has 0 aliphatic rings. The standard InChI is InChI=1S/C13H14BrNO3S2/c1-8-4-5-11(18-3)10(6-8)15-20(16,17)12-7-9(2)13(14)19-12/h4-7,15H,1-3H3. The fourth-order valence-electron chi connectivity index (χ4n) is 1.66. The highest BCUT2D eigenvalue weighted by Gasteiger charge is 2.20. The summed E-state index contributed by atoms with van der Waals surface area (Å²) in [5.41, 5.74) is 2.29. The van der Waals surface area contributed by atoms with Crippen LogP contribution in [-0.2, 0) is 10.0 Å². The van der Waals surface area contributed by atoms with Crippen molar-refractivity contribution in [3.05, 3.63) is 39.2 Å². The van der Waals surface area contributed by atoms with E-state index in [4.69, 9.17) is 4.74 Å². The summed E-state index contributed by atoms with van der Waals surface area (Å²) in [6.07, 6.45) is 0. The molecular weight excluding hydrogens is 362 g/mol. The highest BCUT2D eigenvalue weighted by molar-refractivity contribution is 9.11. The Morgan fingerprint density at radius 1 is 1.25 bits per heavy atom. The Labute approximate surface area is 131 Å². The highest BCUT2D eigenvalue weighted by Crippen LogP contribution is 2.33. The summed E-state index contributed by atoms with van der Waals surface area (Å²) in [7, 11) is -2.10. The fourth-order valence-corrected chi connectivity index (χ4v) is 4.95. The Bertz CT molecular complexity index is 719. The molecule has 0 amide bonds. The van der Waals surface area contributed by atoms with Crippen LogP contribution in [-0.4, -0.2) is 15.5 Å². The lowest BCUT2D eigenvalue weighted by atomic mass is 10.2. The number of ether oxygens (including phenoxy) is 1. The molecule has 0 bridgehead atoms. The molecule has 20 heavy (non-hydrogen) atoms. The molecule has 0 aliphatic heterocycles. The van der Waals surface area contributed by atoms with Gasteiger partial charge in [0, 0.05) is 0 Å². The second-order valence-corrected chi connectivity index (χ2v) is 8.61. The lowest BCUT2D eigenvalue weighted by Gasteiger charge is -2.11. The van der Waals surface area contributed by atoms with Crippen molar-refractivity contribution in [3.63, 3.8) is 0 Å². The molecule has 1 aromatic heterocycles. The molecule has 108 valence electrons. The van der Waals surface area contributed by atoms with Crippen molar-refractivity contribution in [1.29, 1.82) is 0 Å². The van der Waals surface area contributed by atoms with Crippen molar-refractivity contribution < 1.29 is 13.2 Å². The van der Waals surface area contributed by atoms with Gasteiger partial charge in [-0.25, -0.2) is 8.42 Å². The van der Waals surface area contributed by atoms with Crippen molar-refractivity contribution in [2.45, 2.75) is 18.1 Å². The average Bonchev–Trinajstić information content (AvgIpc) is 2.70. The van der Waals surface area contributed by atoms with E-state index in [0.717, 1.165) is 14.9 Å². The van der Waals surface area contributed by atoms with E-state index in [1.165, 1.54) is 18.4 Å². The molecule has 0 spiro atoms. The van der Waals surface area contributed by atoms with Gasteiger partial charge in [-0.3, -0.25) is 4.72 Å². The predicted molar refractivity (Wildman–Crippen MR) is 85.3 cm³/mol. The van der Waals surface area contributed by atoms with Crippen LogP contribution >= 0.6 is 27.3 Å². The van der Waals surface area contributed by atoms with E-state index >= 15 is 0 Å². The Hall–Kier alpha value is -1.05. The molecular formula is C13H14BrNO3S2. The minimum atomic E-state index is -3.61. The van der Waals surface area contributed by atoms with Crippen LogP contribution in [0.25, 0.3) is 0 Å². The number of hydrogen-bond acceptors (Lipinski definition) is 4. The van der Waals surface area contributed by atoms with Crippen LogP contribution in [0.1, 0.15) is 11.1 Å². The van der Waals surface area contributed by atoms with Crippen LogP contribution in [0.3, 0.4) is 0 Å². The smallest absolute Gasteiger partial charge is 0.271 e. The zero-order chi connectivity index (χ0) is 14.9. The molecule has 0 saturated carbocycles. The first-order valence-electron chi connectivity index (χ1n) is 5.77. The third kappa shape index (κ3) is 3.16. The molecule has 0 unspecified atom stereocenters. The van der Waals surface area contributed by atoms with Gasteiger partial charge in [0.1, 0.15) is 9.96 Å². The van der Waals surface area contributed by atoms with E-state index in [9.17, 15) is 8.42 Å². The van der Waals surface area contributed by atoms with E-state index < -0.39 is 10.0 Å². The predicted octanol–water partition coefficient (Wildman–Crippen LogP) is 3.94. The molecule has 2 aromatic rings. The zero-order valence-corrected chi connectivity index (χ0v) is 14.4. The van der Waals surface area contributed by atoms with Crippen LogP contribution in [0.15, 0.2) is 32.3 Å². The third-order valence-electron chi connectivity index (χ3n) is 2.70. The van der Waals surface area contributed by atoms with Crippen molar-refractivity contribution in [1.82, 2.24) is 0 Å². The molecule has 0 fully saturated rings. The van der Waals surface area contributed by atoms with Crippen LogP contribution in [0.5, 0.6) is 5.75 Å². The lowest BCUT2D eigenvalue weighted by Crippen LogP contribution is -2.12. The highest BCUT2D eigenvalue weighted by atomic mass is 79.9. The average molecular weight is 376 g/mol. The maximum atomic E-state index is 12.4. The summed E-state index contributed by atoms with van der Waals surface area (Å²) < 4.78 is 33.6. The van der Waals surface area contributed by atoms with Gasteiger partial charge in [-0.15, -0.1) is 11.3 Å². The first kappa shape index (κ1) is 15.3. The molecule has 1 aromatic carbocycles. The van der Waals surface area contributed by atoms with Gasteiger partial charge in [0.2, 0.25) is 0 Å². The summed E-state index contributed by atoms with van der Waals surface area (Å²) in [5, 5.41) is 0. The van der Waals surface area contributed by atoms with E-state index in [0.29, 0.717) is 11.4 Å². The molecule has 4 nitrogen and oxygen atoms in total. The summed E-state index contributed by atoms with van der Waals surface area (Å²) in [6, 6.07) is 6.98. The SMILES string of the molecule is COc1ccc(C)cc1NS(=O)(=O)c1cc(C)c(Br)s1. The van der Waals surface area contributed by atoms with Crippen LogP contribution in [0.2, 0.25) is 0 Å². The van der Waals surface area contributed by atoms with Gasteiger partial charge < -0.3 is 4.74 Å². The largest absolute Gasteiger partial charge is 0.495 e. The monoisotopic (exact) mass is 375 g/mol. The van der Waals surface area contributed by atoms with Crippen molar-refractivity contribution in [2.24, 2.45) is 0 Å². The van der Waals surface area contributed by atoms with Gasteiger partial charge in [-0.1, -0.05) is 6.07 Å². The quantitative estimate of drug-likeness (QED) is 0.880. The summed E-state index contributed by atoms with van der Waals surface area (Å²) in [5.74, 6) is 0.492. The van der Waals surface area contributed by atoms with Crippen LogP contribution < -0.4 is 9.46 Å².